The maximum atomic E-state index is 12.4. The summed E-state index contributed by atoms with van der Waals surface area (Å²) in [6.07, 6.45) is 1.74. The molecule has 0 spiro atoms. The highest BCUT2D eigenvalue weighted by atomic mass is 16.3. The van der Waals surface area contributed by atoms with Crippen molar-refractivity contribution < 1.29 is 18.8 Å². The molecule has 0 aliphatic heterocycles. The van der Waals surface area contributed by atoms with Gasteiger partial charge in [-0.15, -0.1) is 0 Å². The lowest BCUT2D eigenvalue weighted by atomic mass is 10.1. The summed E-state index contributed by atoms with van der Waals surface area (Å²) >= 11 is 0. The van der Waals surface area contributed by atoms with Crippen molar-refractivity contribution in [2.24, 2.45) is 0 Å². The summed E-state index contributed by atoms with van der Waals surface area (Å²) in [5, 5.41) is 5.50. The SMILES string of the molecule is CN(C)C(=O)Cc1ccc(NC(=O)c2ccc(NC(=O)c3ccco3)cc2)cc1. The first-order chi connectivity index (χ1) is 13.9. The highest BCUT2D eigenvalue weighted by molar-refractivity contribution is 6.05. The van der Waals surface area contributed by atoms with Crippen LogP contribution in [0, 0.1) is 0 Å². The largest absolute Gasteiger partial charge is 0.459 e. The summed E-state index contributed by atoms with van der Waals surface area (Å²) in [4.78, 5) is 37.7. The molecule has 7 nitrogen and oxygen atoms in total. The number of likely N-dealkylation sites (N-methyl/N-ethyl adjacent to an activating group) is 1. The van der Waals surface area contributed by atoms with Crippen LogP contribution in [-0.2, 0) is 11.2 Å². The molecule has 0 bridgehead atoms. The molecule has 0 atom stereocenters. The summed E-state index contributed by atoms with van der Waals surface area (Å²) in [5.41, 5.74) is 2.51. The molecule has 0 saturated carbocycles. The van der Waals surface area contributed by atoms with Gasteiger partial charge in [-0.1, -0.05) is 12.1 Å². The summed E-state index contributed by atoms with van der Waals surface area (Å²) in [6.45, 7) is 0. The summed E-state index contributed by atoms with van der Waals surface area (Å²) in [7, 11) is 3.43. The molecule has 0 saturated heterocycles. The van der Waals surface area contributed by atoms with E-state index in [0.29, 0.717) is 23.4 Å². The average molecular weight is 391 g/mol. The van der Waals surface area contributed by atoms with Crippen molar-refractivity contribution >= 4 is 29.1 Å². The lowest BCUT2D eigenvalue weighted by Crippen LogP contribution is -2.23. The predicted molar refractivity (Wildman–Crippen MR) is 110 cm³/mol. The van der Waals surface area contributed by atoms with Crippen LogP contribution in [0.5, 0.6) is 0 Å². The van der Waals surface area contributed by atoms with Gasteiger partial charge in [-0.05, 0) is 54.1 Å². The number of hydrogen-bond acceptors (Lipinski definition) is 4. The molecule has 2 aromatic carbocycles. The summed E-state index contributed by atoms with van der Waals surface area (Å²) in [5.74, 6) is -0.408. The number of hydrogen-bond donors (Lipinski definition) is 2. The molecule has 0 aliphatic rings. The Balaban J connectivity index is 1.58. The van der Waals surface area contributed by atoms with Crippen LogP contribution >= 0.6 is 0 Å². The Kier molecular flexibility index (Phi) is 6.09. The number of nitrogens with zero attached hydrogens (tertiary/aromatic N) is 1. The number of carbonyl (C=O) groups excluding carboxylic acids is 3. The Morgan fingerprint density at radius 2 is 1.41 bits per heavy atom. The Bertz CT molecular complexity index is 992. The Morgan fingerprint density at radius 1 is 0.828 bits per heavy atom. The van der Waals surface area contributed by atoms with E-state index in [1.54, 1.807) is 62.6 Å². The molecular weight excluding hydrogens is 370 g/mol. The molecule has 7 heteroatoms. The van der Waals surface area contributed by atoms with Crippen molar-refractivity contribution in [3.8, 4) is 0 Å². The van der Waals surface area contributed by atoms with Crippen LogP contribution in [0.2, 0.25) is 0 Å². The molecule has 0 unspecified atom stereocenters. The first-order valence-corrected chi connectivity index (χ1v) is 8.98. The van der Waals surface area contributed by atoms with Gasteiger partial charge < -0.3 is 20.0 Å². The van der Waals surface area contributed by atoms with E-state index in [0.717, 1.165) is 5.56 Å². The van der Waals surface area contributed by atoms with Gasteiger partial charge in [0.2, 0.25) is 5.91 Å². The molecule has 29 heavy (non-hydrogen) atoms. The van der Waals surface area contributed by atoms with Crippen LogP contribution in [0.4, 0.5) is 11.4 Å². The number of carbonyl (C=O) groups is 3. The molecule has 0 aliphatic carbocycles. The Labute approximate surface area is 168 Å². The minimum atomic E-state index is -0.361. The molecule has 2 N–H and O–H groups in total. The zero-order valence-corrected chi connectivity index (χ0v) is 16.1. The van der Waals surface area contributed by atoms with E-state index in [9.17, 15) is 14.4 Å². The van der Waals surface area contributed by atoms with Gasteiger partial charge in [0.1, 0.15) is 0 Å². The Hall–Kier alpha value is -3.87. The minimum Gasteiger partial charge on any atom is -0.459 e. The van der Waals surface area contributed by atoms with Gasteiger partial charge in [0, 0.05) is 31.0 Å². The second-order valence-electron chi connectivity index (χ2n) is 6.62. The van der Waals surface area contributed by atoms with Crippen LogP contribution in [-0.4, -0.2) is 36.7 Å². The van der Waals surface area contributed by atoms with E-state index in [2.05, 4.69) is 10.6 Å². The lowest BCUT2D eigenvalue weighted by molar-refractivity contribution is -0.127. The summed E-state index contributed by atoms with van der Waals surface area (Å²) in [6, 6.07) is 16.9. The third-order valence-corrected chi connectivity index (χ3v) is 4.22. The zero-order chi connectivity index (χ0) is 20.8. The number of benzene rings is 2. The topological polar surface area (TPSA) is 91.7 Å². The average Bonchev–Trinajstić information content (AvgIpc) is 3.25. The van der Waals surface area contributed by atoms with Crippen molar-refractivity contribution in [3.63, 3.8) is 0 Å². The fourth-order valence-corrected chi connectivity index (χ4v) is 2.55. The van der Waals surface area contributed by atoms with E-state index in [-0.39, 0.29) is 23.5 Å². The maximum absolute atomic E-state index is 12.4. The maximum Gasteiger partial charge on any atom is 0.291 e. The molecule has 3 rings (SSSR count). The van der Waals surface area contributed by atoms with Crippen molar-refractivity contribution in [3.05, 3.63) is 83.8 Å². The second-order valence-corrected chi connectivity index (χ2v) is 6.62. The molecule has 0 fully saturated rings. The van der Waals surface area contributed by atoms with Crippen molar-refractivity contribution in [2.75, 3.05) is 24.7 Å². The van der Waals surface area contributed by atoms with Crippen molar-refractivity contribution in [1.29, 1.82) is 0 Å². The first-order valence-electron chi connectivity index (χ1n) is 8.98. The molecular formula is C22H21N3O4. The van der Waals surface area contributed by atoms with Crippen molar-refractivity contribution in [1.82, 2.24) is 4.90 Å². The Morgan fingerprint density at radius 3 is 1.97 bits per heavy atom. The van der Waals surface area contributed by atoms with Gasteiger partial charge in [-0.2, -0.15) is 0 Å². The molecule has 1 heterocycles. The number of nitrogens with one attached hydrogen (secondary N) is 2. The normalized spacial score (nSPS) is 10.3. The third-order valence-electron chi connectivity index (χ3n) is 4.22. The third kappa shape index (κ3) is 5.32. The molecule has 3 aromatic rings. The van der Waals surface area contributed by atoms with E-state index in [4.69, 9.17) is 4.42 Å². The van der Waals surface area contributed by atoms with Crippen LogP contribution in [0.3, 0.4) is 0 Å². The van der Waals surface area contributed by atoms with Gasteiger partial charge >= 0.3 is 0 Å². The number of rotatable bonds is 6. The number of amides is 3. The minimum absolute atomic E-state index is 0.0148. The molecule has 1 aromatic heterocycles. The van der Waals surface area contributed by atoms with Gasteiger partial charge in [-0.25, -0.2) is 0 Å². The van der Waals surface area contributed by atoms with Crippen LogP contribution < -0.4 is 10.6 Å². The summed E-state index contributed by atoms with van der Waals surface area (Å²) < 4.78 is 5.04. The zero-order valence-electron chi connectivity index (χ0n) is 16.1. The molecule has 3 amide bonds. The van der Waals surface area contributed by atoms with Crippen LogP contribution in [0.15, 0.2) is 71.3 Å². The van der Waals surface area contributed by atoms with E-state index in [1.165, 1.54) is 11.2 Å². The second kappa shape index (κ2) is 8.88. The van der Waals surface area contributed by atoms with E-state index < -0.39 is 0 Å². The van der Waals surface area contributed by atoms with Crippen LogP contribution in [0.1, 0.15) is 26.5 Å². The van der Waals surface area contributed by atoms with Gasteiger partial charge in [0.15, 0.2) is 5.76 Å². The predicted octanol–water partition coefficient (Wildman–Crippen LogP) is 3.41. The molecule has 148 valence electrons. The number of anilines is 2. The van der Waals surface area contributed by atoms with Gasteiger partial charge in [0.25, 0.3) is 11.8 Å². The first kappa shape index (κ1) is 19.9. The fraction of sp³-hybridized carbons (Fsp3) is 0.136. The van der Waals surface area contributed by atoms with Gasteiger partial charge in [-0.3, -0.25) is 14.4 Å². The van der Waals surface area contributed by atoms with Crippen LogP contribution in [0.25, 0.3) is 0 Å². The lowest BCUT2D eigenvalue weighted by Gasteiger charge is -2.11. The van der Waals surface area contributed by atoms with Crippen molar-refractivity contribution in [2.45, 2.75) is 6.42 Å². The highest BCUT2D eigenvalue weighted by Crippen LogP contribution is 2.15. The van der Waals surface area contributed by atoms with E-state index >= 15 is 0 Å². The monoisotopic (exact) mass is 391 g/mol. The highest BCUT2D eigenvalue weighted by Gasteiger charge is 2.11. The standard InChI is InChI=1S/C22H21N3O4/c1-25(2)20(26)14-15-5-9-17(10-6-15)23-21(27)16-7-11-18(12-8-16)24-22(28)19-4-3-13-29-19/h3-13H,14H2,1-2H3,(H,23,27)(H,24,28). The van der Waals surface area contributed by atoms with E-state index in [1.807, 2.05) is 12.1 Å². The quantitative estimate of drug-likeness (QED) is 0.674. The van der Waals surface area contributed by atoms with Gasteiger partial charge in [0.05, 0.1) is 12.7 Å². The molecule has 0 radical (unpaired) electrons. The number of furan rings is 1. The fourth-order valence-electron chi connectivity index (χ4n) is 2.55. The smallest absolute Gasteiger partial charge is 0.291 e.